The Kier molecular flexibility index (Phi) is 4.12. The zero-order valence-electron chi connectivity index (χ0n) is 5.93. The van der Waals surface area contributed by atoms with Crippen LogP contribution in [0.1, 0.15) is 6.42 Å². The van der Waals surface area contributed by atoms with Crippen molar-refractivity contribution >= 4 is 11.9 Å². The molecule has 0 saturated heterocycles. The zero-order chi connectivity index (χ0) is 8.85. The Morgan fingerprint density at radius 3 is 2.45 bits per heavy atom. The quantitative estimate of drug-likeness (QED) is 0.468. The van der Waals surface area contributed by atoms with Crippen molar-refractivity contribution in [3.63, 3.8) is 0 Å². The van der Waals surface area contributed by atoms with Crippen LogP contribution >= 0.6 is 0 Å². The molecule has 0 aliphatic rings. The Bertz CT molecular complexity index is 162. The molecule has 1 atom stereocenters. The van der Waals surface area contributed by atoms with Crippen LogP contribution in [0, 0.1) is 0 Å². The molecule has 3 N–H and O–H groups in total. The Balaban J connectivity index is 3.88. The molecule has 1 amide bonds. The molecule has 64 valence electrons. The van der Waals surface area contributed by atoms with Crippen LogP contribution in [-0.2, 0) is 9.59 Å². The normalized spacial score (nSPS) is 12.2. The maximum atomic E-state index is 11.6. The van der Waals surface area contributed by atoms with Crippen molar-refractivity contribution in [1.29, 1.82) is 0 Å². The molecule has 0 aliphatic carbocycles. The van der Waals surface area contributed by atoms with Crippen LogP contribution in [0.5, 0.6) is 0 Å². The number of rotatable bonds is 4. The summed E-state index contributed by atoms with van der Waals surface area (Å²) in [6, 6.07) is -1.46. The molecule has 0 aromatic heterocycles. The number of halogens is 1. The number of amides is 1. The molecule has 5 nitrogen and oxygen atoms in total. The van der Waals surface area contributed by atoms with Crippen molar-refractivity contribution < 1.29 is 19.2 Å². The largest absolute Gasteiger partial charge is 0.480 e. The van der Waals surface area contributed by atoms with Crippen molar-refractivity contribution in [3.05, 3.63) is 0 Å². The average molecular weight is 164 g/mol. The third-order valence-corrected chi connectivity index (χ3v) is 1.10. The molecule has 0 rings (SSSR count). The molecule has 0 saturated carbocycles. The minimum atomic E-state index is -1.46. The third-order valence-electron chi connectivity index (χ3n) is 1.10. The lowest BCUT2D eigenvalue weighted by atomic mass is 10.2. The van der Waals surface area contributed by atoms with E-state index in [4.69, 9.17) is 5.11 Å². The molecule has 0 bridgehead atoms. The predicted octanol–water partition coefficient (Wildman–Crippen LogP) is -0.950. The number of carboxylic acid groups (broad SMARTS) is 1. The summed E-state index contributed by atoms with van der Waals surface area (Å²) in [5, 5.41) is 10.4. The van der Waals surface area contributed by atoms with Gasteiger partial charge in [-0.3, -0.25) is 9.59 Å². The first-order valence-electron chi connectivity index (χ1n) is 2.91. The number of carbonyl (C=O) groups is 2. The number of aliphatic carboxylic acids is 1. The van der Waals surface area contributed by atoms with Gasteiger partial charge in [-0.25, -0.2) is 0 Å². The Labute approximate surface area is 62.5 Å². The second kappa shape index (κ2) is 4.62. The van der Waals surface area contributed by atoms with Crippen molar-refractivity contribution in [2.75, 3.05) is 7.05 Å². The summed E-state index contributed by atoms with van der Waals surface area (Å²) in [5.41, 5.74) is 1.01. The number of carbonyl (C=O) groups excluding carboxylic acids is 1. The fraction of sp³-hybridized carbons (Fsp3) is 0.600. The summed E-state index contributed by atoms with van der Waals surface area (Å²) < 4.78 is 11.6. The molecule has 0 aromatic rings. The van der Waals surface area contributed by atoms with E-state index in [1.54, 1.807) is 0 Å². The highest BCUT2D eigenvalue weighted by Gasteiger charge is 2.19. The Hall–Kier alpha value is -1.17. The smallest absolute Gasteiger partial charge is 0.323 e. The van der Waals surface area contributed by atoms with E-state index in [2.05, 4.69) is 5.32 Å². The van der Waals surface area contributed by atoms with Gasteiger partial charge in [0.25, 0.3) is 0 Å². The van der Waals surface area contributed by atoms with Gasteiger partial charge in [-0.2, -0.15) is 0 Å². The monoisotopic (exact) mass is 164 g/mol. The average Bonchev–Trinajstić information content (AvgIpc) is 1.99. The molecule has 1 unspecified atom stereocenters. The second-order valence-corrected chi connectivity index (χ2v) is 1.88. The molecule has 0 aromatic carbocycles. The Morgan fingerprint density at radius 2 is 2.18 bits per heavy atom. The standard InChI is InChI=1S/C5H9FN2O3/c1-7-4(9)2-3(8-6)5(10)11/h3,8H,2H2,1H3,(H,7,9)(H,10,11). The van der Waals surface area contributed by atoms with Gasteiger partial charge >= 0.3 is 5.97 Å². The van der Waals surface area contributed by atoms with Crippen molar-refractivity contribution in [2.45, 2.75) is 12.5 Å². The molecule has 0 spiro atoms. The van der Waals surface area contributed by atoms with E-state index in [1.807, 2.05) is 0 Å². The van der Waals surface area contributed by atoms with Crippen LogP contribution in [-0.4, -0.2) is 30.1 Å². The SMILES string of the molecule is CNC(=O)CC(NF)C(=O)O. The first-order valence-corrected chi connectivity index (χ1v) is 2.91. The van der Waals surface area contributed by atoms with Gasteiger partial charge < -0.3 is 10.4 Å². The first-order chi connectivity index (χ1) is 5.11. The highest BCUT2D eigenvalue weighted by molar-refractivity contribution is 5.83. The molecule has 0 heterocycles. The van der Waals surface area contributed by atoms with E-state index in [9.17, 15) is 14.1 Å². The fourth-order valence-electron chi connectivity index (χ4n) is 0.460. The van der Waals surface area contributed by atoms with E-state index < -0.39 is 24.3 Å². The van der Waals surface area contributed by atoms with Gasteiger partial charge in [0.05, 0.1) is 6.42 Å². The van der Waals surface area contributed by atoms with Gasteiger partial charge in [-0.1, -0.05) is 0 Å². The van der Waals surface area contributed by atoms with Crippen LogP contribution in [0.4, 0.5) is 4.48 Å². The van der Waals surface area contributed by atoms with Crippen LogP contribution in [0.25, 0.3) is 0 Å². The highest BCUT2D eigenvalue weighted by atomic mass is 19.2. The van der Waals surface area contributed by atoms with E-state index in [0.29, 0.717) is 0 Å². The second-order valence-electron chi connectivity index (χ2n) is 1.88. The maximum absolute atomic E-state index is 11.6. The lowest BCUT2D eigenvalue weighted by molar-refractivity contribution is -0.143. The van der Waals surface area contributed by atoms with Gasteiger partial charge in [0.2, 0.25) is 5.91 Å². The molecule has 11 heavy (non-hydrogen) atoms. The van der Waals surface area contributed by atoms with Crippen molar-refractivity contribution in [1.82, 2.24) is 10.9 Å². The third kappa shape index (κ3) is 3.51. The zero-order valence-corrected chi connectivity index (χ0v) is 5.93. The summed E-state index contributed by atoms with van der Waals surface area (Å²) in [6.07, 6.45) is -0.414. The first kappa shape index (κ1) is 9.83. The summed E-state index contributed by atoms with van der Waals surface area (Å²) in [7, 11) is 1.35. The molecule has 0 fully saturated rings. The number of hydrogen-bond acceptors (Lipinski definition) is 3. The van der Waals surface area contributed by atoms with Crippen LogP contribution < -0.4 is 10.9 Å². The minimum Gasteiger partial charge on any atom is -0.480 e. The van der Waals surface area contributed by atoms with E-state index in [1.165, 1.54) is 7.05 Å². The highest BCUT2D eigenvalue weighted by Crippen LogP contribution is 1.91. The minimum absolute atomic E-state index is 0.414. The van der Waals surface area contributed by atoms with Gasteiger partial charge in [0, 0.05) is 7.05 Å². The van der Waals surface area contributed by atoms with Crippen molar-refractivity contribution in [2.24, 2.45) is 0 Å². The number of hydrogen-bond donors (Lipinski definition) is 3. The van der Waals surface area contributed by atoms with Crippen molar-refractivity contribution in [3.8, 4) is 0 Å². The van der Waals surface area contributed by atoms with Crippen LogP contribution in [0.2, 0.25) is 0 Å². The predicted molar refractivity (Wildman–Crippen MR) is 34.4 cm³/mol. The lowest BCUT2D eigenvalue weighted by Crippen LogP contribution is -2.36. The molecular weight excluding hydrogens is 155 g/mol. The van der Waals surface area contributed by atoms with E-state index in [-0.39, 0.29) is 0 Å². The molecular formula is C5H9FN2O3. The Morgan fingerprint density at radius 1 is 1.64 bits per heavy atom. The van der Waals surface area contributed by atoms with Gasteiger partial charge in [0.1, 0.15) is 6.04 Å². The van der Waals surface area contributed by atoms with E-state index in [0.717, 1.165) is 5.54 Å². The van der Waals surface area contributed by atoms with Gasteiger partial charge in [-0.05, 0) is 0 Å². The van der Waals surface area contributed by atoms with E-state index >= 15 is 0 Å². The summed E-state index contributed by atoms with van der Waals surface area (Å²) in [5.74, 6) is -1.92. The number of carboxylic acids is 1. The summed E-state index contributed by atoms with van der Waals surface area (Å²) >= 11 is 0. The lowest BCUT2D eigenvalue weighted by Gasteiger charge is -2.05. The fourth-order valence-corrected chi connectivity index (χ4v) is 0.460. The van der Waals surface area contributed by atoms with Gasteiger partial charge in [-0.15, -0.1) is 10.0 Å². The van der Waals surface area contributed by atoms with Gasteiger partial charge in [0.15, 0.2) is 0 Å². The summed E-state index contributed by atoms with van der Waals surface area (Å²) in [4.78, 5) is 20.6. The van der Waals surface area contributed by atoms with Crippen LogP contribution in [0.15, 0.2) is 0 Å². The number of nitrogens with one attached hydrogen (secondary N) is 2. The molecule has 0 radical (unpaired) electrons. The van der Waals surface area contributed by atoms with Crippen LogP contribution in [0.3, 0.4) is 0 Å². The maximum Gasteiger partial charge on any atom is 0.323 e. The summed E-state index contributed by atoms with van der Waals surface area (Å²) in [6.45, 7) is 0. The molecule has 6 heteroatoms. The molecule has 0 aliphatic heterocycles. The topological polar surface area (TPSA) is 78.4 Å².